The van der Waals surface area contributed by atoms with E-state index in [9.17, 15) is 9.90 Å². The number of imidazole rings is 1. The van der Waals surface area contributed by atoms with Gasteiger partial charge in [-0.1, -0.05) is 18.2 Å². The summed E-state index contributed by atoms with van der Waals surface area (Å²) >= 11 is 0. The molecular weight excluding hydrogens is 398 g/mol. The number of para-hydroxylation sites is 1. The zero-order chi connectivity index (χ0) is 22.0. The normalized spacial score (nSPS) is 14.1. The quantitative estimate of drug-likeness (QED) is 0.364. The minimum Gasteiger partial charge on any atom is -0.478 e. The van der Waals surface area contributed by atoms with Gasteiger partial charge in [0.25, 0.3) is 0 Å². The first-order valence-electron chi connectivity index (χ1n) is 11.3. The van der Waals surface area contributed by atoms with Crippen molar-refractivity contribution in [2.24, 2.45) is 5.92 Å². The van der Waals surface area contributed by atoms with Gasteiger partial charge in [0, 0.05) is 40.5 Å². The number of carbonyl (C=O) groups is 1. The molecule has 0 aliphatic heterocycles. The second-order valence-corrected chi connectivity index (χ2v) is 8.94. The number of carboxylic acids is 1. The molecule has 32 heavy (non-hydrogen) atoms. The highest BCUT2D eigenvalue weighted by molar-refractivity contribution is 6.09. The topological polar surface area (TPSA) is 60.1 Å². The summed E-state index contributed by atoms with van der Waals surface area (Å²) < 4.78 is 4.65. The molecule has 0 amide bonds. The minimum absolute atomic E-state index is 0.321. The van der Waals surface area contributed by atoms with Gasteiger partial charge in [-0.05, 0) is 74.6 Å². The molecule has 0 bridgehead atoms. The fourth-order valence-corrected chi connectivity index (χ4v) is 5.00. The van der Waals surface area contributed by atoms with Crippen molar-refractivity contribution in [2.45, 2.75) is 39.8 Å². The van der Waals surface area contributed by atoms with E-state index in [-0.39, 0.29) is 0 Å². The molecule has 1 fully saturated rings. The van der Waals surface area contributed by atoms with Gasteiger partial charge in [0.2, 0.25) is 0 Å². The predicted molar refractivity (Wildman–Crippen MR) is 128 cm³/mol. The van der Waals surface area contributed by atoms with Gasteiger partial charge in [-0.2, -0.15) is 0 Å². The first-order valence-corrected chi connectivity index (χ1v) is 11.3. The number of aromatic carboxylic acids is 1. The summed E-state index contributed by atoms with van der Waals surface area (Å²) in [5.74, 6) is 0.692. The third-order valence-electron chi connectivity index (χ3n) is 6.81. The molecule has 0 atom stereocenters. The lowest BCUT2D eigenvalue weighted by atomic mass is 10.1. The molecule has 0 radical (unpaired) electrons. The maximum atomic E-state index is 11.7. The van der Waals surface area contributed by atoms with Gasteiger partial charge in [0.15, 0.2) is 0 Å². The predicted octanol–water partition coefficient (Wildman–Crippen LogP) is 6.25. The number of carboxylic acid groups (broad SMARTS) is 1. The van der Waals surface area contributed by atoms with Gasteiger partial charge >= 0.3 is 5.97 Å². The monoisotopic (exact) mass is 423 g/mol. The van der Waals surface area contributed by atoms with E-state index in [2.05, 4.69) is 58.5 Å². The van der Waals surface area contributed by atoms with Crippen LogP contribution in [0.2, 0.25) is 0 Å². The summed E-state index contributed by atoms with van der Waals surface area (Å²) in [7, 11) is 0. The summed E-state index contributed by atoms with van der Waals surface area (Å²) in [4.78, 5) is 16.6. The molecule has 2 aromatic heterocycles. The molecule has 0 unspecified atom stereocenters. The van der Waals surface area contributed by atoms with E-state index in [1.54, 1.807) is 6.07 Å². The van der Waals surface area contributed by atoms with E-state index in [1.807, 2.05) is 13.0 Å². The Bertz CT molecular complexity index is 1540. The Labute approximate surface area is 185 Å². The molecule has 3 aromatic carbocycles. The Morgan fingerprint density at radius 1 is 1.00 bits per heavy atom. The molecule has 5 aromatic rings. The number of rotatable bonds is 5. The first-order chi connectivity index (χ1) is 15.5. The van der Waals surface area contributed by atoms with Crippen molar-refractivity contribution in [1.82, 2.24) is 14.1 Å². The number of aromatic nitrogens is 3. The van der Waals surface area contributed by atoms with Gasteiger partial charge in [-0.3, -0.25) is 0 Å². The van der Waals surface area contributed by atoms with Crippen molar-refractivity contribution in [3.05, 3.63) is 65.7 Å². The van der Waals surface area contributed by atoms with Crippen molar-refractivity contribution >= 4 is 38.8 Å². The summed E-state index contributed by atoms with van der Waals surface area (Å²) in [5.41, 5.74) is 6.41. The van der Waals surface area contributed by atoms with Crippen molar-refractivity contribution in [3.63, 3.8) is 0 Å². The Hall–Kier alpha value is -3.60. The van der Waals surface area contributed by atoms with Crippen molar-refractivity contribution in [3.8, 4) is 11.4 Å². The van der Waals surface area contributed by atoms with Crippen LogP contribution in [-0.4, -0.2) is 25.2 Å². The third-order valence-corrected chi connectivity index (χ3v) is 6.81. The highest BCUT2D eigenvalue weighted by Gasteiger charge is 2.25. The molecule has 6 rings (SSSR count). The van der Waals surface area contributed by atoms with Crippen LogP contribution in [0.1, 0.15) is 35.7 Å². The molecule has 0 spiro atoms. The highest BCUT2D eigenvalue weighted by atomic mass is 16.4. The van der Waals surface area contributed by atoms with Crippen LogP contribution in [0.3, 0.4) is 0 Å². The highest BCUT2D eigenvalue weighted by Crippen LogP contribution is 2.37. The summed E-state index contributed by atoms with van der Waals surface area (Å²) in [6.45, 7) is 5.88. The van der Waals surface area contributed by atoms with E-state index < -0.39 is 5.97 Å². The Kier molecular flexibility index (Phi) is 4.15. The average molecular weight is 424 g/mol. The van der Waals surface area contributed by atoms with E-state index in [4.69, 9.17) is 4.98 Å². The summed E-state index contributed by atoms with van der Waals surface area (Å²) in [5, 5.41) is 12.1. The van der Waals surface area contributed by atoms with E-state index >= 15 is 0 Å². The minimum atomic E-state index is -0.906. The van der Waals surface area contributed by atoms with Crippen LogP contribution in [-0.2, 0) is 13.1 Å². The lowest BCUT2D eigenvalue weighted by Crippen LogP contribution is -2.04. The lowest BCUT2D eigenvalue weighted by molar-refractivity contribution is 0.0696. The molecule has 2 heterocycles. The molecule has 5 nitrogen and oxygen atoms in total. The fraction of sp³-hybridized carbons (Fsp3) is 0.259. The molecule has 1 aliphatic carbocycles. The van der Waals surface area contributed by atoms with Gasteiger partial charge < -0.3 is 14.2 Å². The molecule has 5 heteroatoms. The number of benzene rings is 3. The van der Waals surface area contributed by atoms with E-state index in [0.29, 0.717) is 11.5 Å². The van der Waals surface area contributed by atoms with Crippen LogP contribution >= 0.6 is 0 Å². The summed E-state index contributed by atoms with van der Waals surface area (Å²) in [6, 6.07) is 18.9. The first kappa shape index (κ1) is 19.1. The second-order valence-electron chi connectivity index (χ2n) is 8.94. The van der Waals surface area contributed by atoms with Gasteiger partial charge in [-0.25, -0.2) is 9.78 Å². The average Bonchev–Trinajstić information content (AvgIpc) is 3.47. The SMILES string of the molecule is CCn1c2ccccc2c2cc(-c3nc4cc(C(=O)O)c(C)cc4n3CC3CC3)ccc21. The van der Waals surface area contributed by atoms with Crippen LogP contribution < -0.4 is 0 Å². The Morgan fingerprint density at radius 2 is 1.78 bits per heavy atom. The number of hydrogen-bond donors (Lipinski definition) is 1. The summed E-state index contributed by atoms with van der Waals surface area (Å²) in [6.07, 6.45) is 2.49. The van der Waals surface area contributed by atoms with Crippen molar-refractivity contribution in [2.75, 3.05) is 0 Å². The molecule has 1 aliphatic rings. The van der Waals surface area contributed by atoms with Crippen LogP contribution in [0.15, 0.2) is 54.6 Å². The Balaban J connectivity index is 1.61. The van der Waals surface area contributed by atoms with Gasteiger partial charge in [0.1, 0.15) is 5.82 Å². The Morgan fingerprint density at radius 3 is 2.53 bits per heavy atom. The molecule has 160 valence electrons. The smallest absolute Gasteiger partial charge is 0.336 e. The number of fused-ring (bicyclic) bond motifs is 4. The third kappa shape index (κ3) is 2.84. The van der Waals surface area contributed by atoms with E-state index in [0.717, 1.165) is 41.1 Å². The maximum absolute atomic E-state index is 11.7. The van der Waals surface area contributed by atoms with Gasteiger partial charge in [-0.15, -0.1) is 0 Å². The van der Waals surface area contributed by atoms with Crippen molar-refractivity contribution < 1.29 is 9.90 Å². The number of hydrogen-bond acceptors (Lipinski definition) is 2. The largest absolute Gasteiger partial charge is 0.478 e. The molecule has 1 saturated carbocycles. The number of nitrogens with zero attached hydrogens (tertiary/aromatic N) is 3. The van der Waals surface area contributed by atoms with Crippen LogP contribution in [0.4, 0.5) is 0 Å². The maximum Gasteiger partial charge on any atom is 0.336 e. The molecule has 0 saturated heterocycles. The van der Waals surface area contributed by atoms with Crippen LogP contribution in [0, 0.1) is 12.8 Å². The van der Waals surface area contributed by atoms with Gasteiger partial charge in [0.05, 0.1) is 16.6 Å². The molecular formula is C27H25N3O2. The van der Waals surface area contributed by atoms with Crippen LogP contribution in [0.25, 0.3) is 44.2 Å². The zero-order valence-corrected chi connectivity index (χ0v) is 18.3. The molecule has 1 N–H and O–H groups in total. The zero-order valence-electron chi connectivity index (χ0n) is 18.3. The number of aryl methyl sites for hydroxylation is 2. The fourth-order valence-electron chi connectivity index (χ4n) is 5.00. The standard InChI is InChI=1S/C27H25N3O2/c1-3-29-23-7-5-4-6-19(23)21-13-18(10-11-24(21)29)26-28-22-14-20(27(31)32)16(2)12-25(22)30(26)15-17-8-9-17/h4-7,10-14,17H,3,8-9,15H2,1-2H3,(H,31,32). The van der Waals surface area contributed by atoms with Crippen LogP contribution in [0.5, 0.6) is 0 Å². The van der Waals surface area contributed by atoms with Crippen molar-refractivity contribution in [1.29, 1.82) is 0 Å². The van der Waals surface area contributed by atoms with E-state index in [1.165, 1.54) is 34.6 Å². The lowest BCUT2D eigenvalue weighted by Gasteiger charge is -2.10. The second kappa shape index (κ2) is 6.95.